The zero-order valence-electron chi connectivity index (χ0n) is 13.0. The van der Waals surface area contributed by atoms with E-state index in [0.717, 1.165) is 17.1 Å². The normalized spacial score (nSPS) is 15.3. The van der Waals surface area contributed by atoms with Gasteiger partial charge in [-0.15, -0.1) is 0 Å². The van der Waals surface area contributed by atoms with Crippen molar-refractivity contribution in [3.05, 3.63) is 35.9 Å². The van der Waals surface area contributed by atoms with E-state index in [-0.39, 0.29) is 11.1 Å². The molecular formula is C15H28N4S. The Hall–Kier alpha value is -0.590. The molecule has 5 heteroatoms. The zero-order valence-corrected chi connectivity index (χ0v) is 13.8. The fraction of sp³-hybridized carbons (Fsp3) is 0.600. The molecule has 1 atom stereocenters. The van der Waals surface area contributed by atoms with Crippen LogP contribution in [0.25, 0.3) is 0 Å². The van der Waals surface area contributed by atoms with Crippen LogP contribution in [0, 0.1) is 0 Å². The van der Waals surface area contributed by atoms with Gasteiger partial charge >= 0.3 is 0 Å². The van der Waals surface area contributed by atoms with Crippen molar-refractivity contribution in [2.75, 3.05) is 18.1 Å². The van der Waals surface area contributed by atoms with E-state index in [1.54, 1.807) is 0 Å². The van der Waals surface area contributed by atoms with Gasteiger partial charge in [-0.2, -0.15) is 11.8 Å². The van der Waals surface area contributed by atoms with Gasteiger partial charge in [-0.05, 0) is 32.1 Å². The van der Waals surface area contributed by atoms with Crippen LogP contribution < -0.4 is 17.1 Å². The lowest BCUT2D eigenvalue weighted by Crippen LogP contribution is -2.60. The predicted octanol–water partition coefficient (Wildman–Crippen LogP) is 2.07. The second kappa shape index (κ2) is 7.43. The van der Waals surface area contributed by atoms with Crippen LogP contribution in [0.5, 0.6) is 0 Å². The lowest BCUT2D eigenvalue weighted by atomic mass is 9.91. The van der Waals surface area contributed by atoms with E-state index in [1.807, 2.05) is 35.0 Å². The van der Waals surface area contributed by atoms with Gasteiger partial charge in [0.1, 0.15) is 0 Å². The Morgan fingerprint density at radius 3 is 2.30 bits per heavy atom. The second-order valence-corrected chi connectivity index (χ2v) is 7.19. The van der Waals surface area contributed by atoms with E-state index in [1.165, 1.54) is 0 Å². The number of hydrazine groups is 2. The van der Waals surface area contributed by atoms with Gasteiger partial charge in [-0.25, -0.2) is 10.4 Å². The second-order valence-electron chi connectivity index (χ2n) is 5.92. The first kappa shape index (κ1) is 17.5. The summed E-state index contributed by atoms with van der Waals surface area (Å²) < 4.78 is 0. The Kier molecular flexibility index (Phi) is 6.48. The third-order valence-electron chi connectivity index (χ3n) is 3.65. The van der Waals surface area contributed by atoms with Gasteiger partial charge < -0.3 is 0 Å². The van der Waals surface area contributed by atoms with Crippen LogP contribution >= 0.6 is 11.8 Å². The molecular weight excluding hydrogens is 268 g/mol. The van der Waals surface area contributed by atoms with Gasteiger partial charge in [-0.3, -0.25) is 11.7 Å². The minimum Gasteiger partial charge on any atom is -0.271 e. The molecule has 5 N–H and O–H groups in total. The monoisotopic (exact) mass is 296 g/mol. The van der Waals surface area contributed by atoms with E-state index < -0.39 is 0 Å². The van der Waals surface area contributed by atoms with Crippen LogP contribution in [-0.4, -0.2) is 28.6 Å². The highest BCUT2D eigenvalue weighted by Gasteiger charge is 2.33. The average Bonchev–Trinajstić information content (AvgIpc) is 2.45. The molecule has 0 saturated carbocycles. The fourth-order valence-corrected chi connectivity index (χ4v) is 2.89. The molecule has 1 unspecified atom stereocenters. The molecule has 0 aliphatic heterocycles. The maximum atomic E-state index is 6.32. The molecule has 1 aromatic rings. The molecule has 0 radical (unpaired) electrons. The summed E-state index contributed by atoms with van der Waals surface area (Å²) in [5.74, 6) is 14.2. The van der Waals surface area contributed by atoms with Crippen LogP contribution in [0.2, 0.25) is 0 Å². The van der Waals surface area contributed by atoms with Gasteiger partial charge in [-0.1, -0.05) is 37.3 Å². The Bertz CT molecular complexity index is 396. The molecule has 0 heterocycles. The largest absolute Gasteiger partial charge is 0.271 e. The smallest absolute Gasteiger partial charge is 0.0682 e. The third kappa shape index (κ3) is 4.46. The number of nitrogens with one attached hydrogen (secondary N) is 1. The molecule has 4 nitrogen and oxygen atoms in total. The molecule has 1 aromatic carbocycles. The van der Waals surface area contributed by atoms with Crippen molar-refractivity contribution < 1.29 is 0 Å². The number of nitrogens with zero attached hydrogens (tertiary/aromatic N) is 1. The van der Waals surface area contributed by atoms with Crippen molar-refractivity contribution in [2.45, 2.75) is 38.8 Å². The lowest BCUT2D eigenvalue weighted by Gasteiger charge is -2.41. The minimum absolute atomic E-state index is 0.0758. The van der Waals surface area contributed by atoms with Gasteiger partial charge in [0.2, 0.25) is 0 Å². The minimum atomic E-state index is -0.371. The van der Waals surface area contributed by atoms with E-state index >= 15 is 0 Å². The highest BCUT2D eigenvalue weighted by Crippen LogP contribution is 2.25. The number of benzene rings is 1. The quantitative estimate of drug-likeness (QED) is 0.506. The topological polar surface area (TPSA) is 67.3 Å². The average molecular weight is 296 g/mol. The van der Waals surface area contributed by atoms with Crippen LogP contribution in [0.3, 0.4) is 0 Å². The molecule has 20 heavy (non-hydrogen) atoms. The highest BCUT2D eigenvalue weighted by molar-refractivity contribution is 7.99. The van der Waals surface area contributed by atoms with Gasteiger partial charge in [0, 0.05) is 17.8 Å². The maximum absolute atomic E-state index is 6.32. The molecule has 0 fully saturated rings. The predicted molar refractivity (Wildman–Crippen MR) is 89.1 cm³/mol. The summed E-state index contributed by atoms with van der Waals surface area (Å²) in [5.41, 5.74) is 3.61. The lowest BCUT2D eigenvalue weighted by molar-refractivity contribution is 0.0975. The maximum Gasteiger partial charge on any atom is 0.0682 e. The van der Waals surface area contributed by atoms with E-state index in [2.05, 4.69) is 45.3 Å². The Labute approximate surface area is 127 Å². The van der Waals surface area contributed by atoms with Crippen LogP contribution in [0.1, 0.15) is 33.3 Å². The molecule has 0 bridgehead atoms. The summed E-state index contributed by atoms with van der Waals surface area (Å²) in [6.07, 6.45) is 0. The summed E-state index contributed by atoms with van der Waals surface area (Å²) in [7, 11) is 0. The van der Waals surface area contributed by atoms with Crippen molar-refractivity contribution in [3.63, 3.8) is 0 Å². The van der Waals surface area contributed by atoms with Gasteiger partial charge in [0.25, 0.3) is 0 Å². The van der Waals surface area contributed by atoms with Crippen LogP contribution in [0.15, 0.2) is 30.3 Å². The van der Waals surface area contributed by atoms with Crippen LogP contribution in [-0.2, 0) is 5.54 Å². The molecule has 0 aromatic heterocycles. The first-order valence-corrected chi connectivity index (χ1v) is 8.14. The first-order valence-electron chi connectivity index (χ1n) is 6.99. The molecule has 0 saturated heterocycles. The third-order valence-corrected chi connectivity index (χ3v) is 4.97. The van der Waals surface area contributed by atoms with Crippen molar-refractivity contribution in [3.8, 4) is 0 Å². The highest BCUT2D eigenvalue weighted by atomic mass is 32.2. The van der Waals surface area contributed by atoms with E-state index in [4.69, 9.17) is 11.7 Å². The summed E-state index contributed by atoms with van der Waals surface area (Å²) >= 11 is 1.90. The van der Waals surface area contributed by atoms with Crippen molar-refractivity contribution in [1.29, 1.82) is 0 Å². The Morgan fingerprint density at radius 2 is 1.80 bits per heavy atom. The number of nitrogens with two attached hydrogens (primary N) is 2. The van der Waals surface area contributed by atoms with Crippen molar-refractivity contribution in [2.24, 2.45) is 11.7 Å². The number of hydrogen-bond acceptors (Lipinski definition) is 5. The number of thioether (sulfide) groups is 1. The van der Waals surface area contributed by atoms with Gasteiger partial charge in [0.15, 0.2) is 0 Å². The Balaban J connectivity index is 2.82. The molecule has 0 aliphatic carbocycles. The first-order chi connectivity index (χ1) is 9.35. The summed E-state index contributed by atoms with van der Waals surface area (Å²) in [4.78, 5) is 0. The molecule has 1 rings (SSSR count). The SMILES string of the molecule is CCSCC(C)(C)N(N)CC(C)(NN)c1ccccc1. The van der Waals surface area contributed by atoms with E-state index in [0.29, 0.717) is 6.54 Å². The summed E-state index contributed by atoms with van der Waals surface area (Å²) in [5, 5.41) is 1.89. The van der Waals surface area contributed by atoms with Gasteiger partial charge in [0.05, 0.1) is 5.54 Å². The van der Waals surface area contributed by atoms with E-state index in [9.17, 15) is 0 Å². The van der Waals surface area contributed by atoms with Crippen molar-refractivity contribution >= 4 is 11.8 Å². The Morgan fingerprint density at radius 1 is 1.20 bits per heavy atom. The molecule has 0 spiro atoms. The summed E-state index contributed by atoms with van der Waals surface area (Å²) in [6.45, 7) is 9.21. The summed E-state index contributed by atoms with van der Waals surface area (Å²) in [6, 6.07) is 10.2. The number of rotatable bonds is 8. The fourth-order valence-electron chi connectivity index (χ4n) is 2.02. The molecule has 114 valence electrons. The molecule has 0 amide bonds. The van der Waals surface area contributed by atoms with Crippen LogP contribution in [0.4, 0.5) is 0 Å². The molecule has 0 aliphatic rings. The number of hydrogen-bond donors (Lipinski definition) is 3. The zero-order chi connectivity index (χ0) is 15.2. The van der Waals surface area contributed by atoms with Crippen molar-refractivity contribution in [1.82, 2.24) is 10.4 Å². The standard InChI is InChI=1S/C15H28N4S/c1-5-20-12-14(2,3)19(17)11-15(4,18-16)13-9-7-6-8-10-13/h6-10,18H,5,11-12,16-17H2,1-4H3.